The van der Waals surface area contributed by atoms with E-state index in [0.29, 0.717) is 13.0 Å². The van der Waals surface area contributed by atoms with Gasteiger partial charge in [0, 0.05) is 12.1 Å². The Morgan fingerprint density at radius 3 is 3.05 bits per heavy atom. The van der Waals surface area contributed by atoms with E-state index < -0.39 is 17.8 Å². The molecule has 0 saturated carbocycles. The third-order valence-electron chi connectivity index (χ3n) is 3.12. The van der Waals surface area contributed by atoms with Crippen molar-refractivity contribution in [1.82, 2.24) is 10.6 Å². The molecule has 0 aliphatic carbocycles. The third kappa shape index (κ3) is 3.80. The van der Waals surface area contributed by atoms with E-state index in [1.165, 1.54) is 6.07 Å². The third-order valence-corrected chi connectivity index (χ3v) is 3.12. The SMILES string of the molecule is O=C(NC1CCCNC1=O)c1ccc(F)cc1C#CCO. The van der Waals surface area contributed by atoms with Gasteiger partial charge in [0.15, 0.2) is 0 Å². The number of carbonyl (C=O) groups excluding carboxylic acids is 2. The lowest BCUT2D eigenvalue weighted by Gasteiger charge is -2.23. The topological polar surface area (TPSA) is 78.4 Å². The summed E-state index contributed by atoms with van der Waals surface area (Å²) < 4.78 is 13.2. The molecule has 2 rings (SSSR count). The van der Waals surface area contributed by atoms with Crippen LogP contribution in [0.3, 0.4) is 0 Å². The van der Waals surface area contributed by atoms with Gasteiger partial charge in [-0.05, 0) is 31.0 Å². The summed E-state index contributed by atoms with van der Waals surface area (Å²) in [5.74, 6) is 3.68. The van der Waals surface area contributed by atoms with E-state index in [1.807, 2.05) is 0 Å². The van der Waals surface area contributed by atoms with Crippen LogP contribution in [0.5, 0.6) is 0 Å². The molecule has 110 valence electrons. The molecule has 1 fully saturated rings. The molecule has 1 aliphatic rings. The Bertz CT molecular complexity index is 619. The zero-order valence-electron chi connectivity index (χ0n) is 11.3. The van der Waals surface area contributed by atoms with Gasteiger partial charge in [0.1, 0.15) is 18.5 Å². The fraction of sp³-hybridized carbons (Fsp3) is 0.333. The van der Waals surface area contributed by atoms with Crippen molar-refractivity contribution < 1.29 is 19.1 Å². The summed E-state index contributed by atoms with van der Waals surface area (Å²) in [6, 6.07) is 3.00. The van der Waals surface area contributed by atoms with Crippen LogP contribution in [0.25, 0.3) is 0 Å². The fourth-order valence-electron chi connectivity index (χ4n) is 2.10. The van der Waals surface area contributed by atoms with Crippen LogP contribution in [0.15, 0.2) is 18.2 Å². The highest BCUT2D eigenvalue weighted by atomic mass is 19.1. The Hall–Kier alpha value is -2.39. The molecule has 6 heteroatoms. The number of aliphatic hydroxyl groups excluding tert-OH is 1. The minimum atomic E-state index is -0.588. The van der Waals surface area contributed by atoms with Crippen LogP contribution in [0.4, 0.5) is 4.39 Å². The summed E-state index contributed by atoms with van der Waals surface area (Å²) in [4.78, 5) is 23.8. The summed E-state index contributed by atoms with van der Waals surface area (Å²) >= 11 is 0. The molecule has 1 aromatic carbocycles. The molecule has 5 nitrogen and oxygen atoms in total. The van der Waals surface area contributed by atoms with Gasteiger partial charge in [0.25, 0.3) is 5.91 Å². The summed E-state index contributed by atoms with van der Waals surface area (Å²) in [6.07, 6.45) is 1.35. The Balaban J connectivity index is 2.20. The van der Waals surface area contributed by atoms with Gasteiger partial charge in [-0.2, -0.15) is 0 Å². The molecule has 1 heterocycles. The van der Waals surface area contributed by atoms with E-state index in [9.17, 15) is 14.0 Å². The van der Waals surface area contributed by atoms with E-state index in [0.717, 1.165) is 18.6 Å². The smallest absolute Gasteiger partial charge is 0.253 e. The molecule has 0 bridgehead atoms. The van der Waals surface area contributed by atoms with Gasteiger partial charge in [-0.1, -0.05) is 11.8 Å². The first-order chi connectivity index (χ1) is 10.1. The molecule has 21 heavy (non-hydrogen) atoms. The Morgan fingerprint density at radius 2 is 2.33 bits per heavy atom. The van der Waals surface area contributed by atoms with Crippen molar-refractivity contribution in [2.24, 2.45) is 0 Å². The van der Waals surface area contributed by atoms with E-state index in [-0.39, 0.29) is 23.6 Å². The monoisotopic (exact) mass is 290 g/mol. The Morgan fingerprint density at radius 1 is 1.52 bits per heavy atom. The molecule has 1 unspecified atom stereocenters. The van der Waals surface area contributed by atoms with Crippen molar-refractivity contribution in [3.63, 3.8) is 0 Å². The van der Waals surface area contributed by atoms with Crippen molar-refractivity contribution in [2.75, 3.05) is 13.2 Å². The molecule has 2 amide bonds. The first-order valence-electron chi connectivity index (χ1n) is 6.59. The first-order valence-corrected chi connectivity index (χ1v) is 6.59. The molecule has 1 aromatic rings. The fourth-order valence-corrected chi connectivity index (χ4v) is 2.10. The molecular formula is C15H15FN2O3. The summed E-state index contributed by atoms with van der Waals surface area (Å²) in [7, 11) is 0. The van der Waals surface area contributed by atoms with Gasteiger partial charge >= 0.3 is 0 Å². The molecule has 0 spiro atoms. The quantitative estimate of drug-likeness (QED) is 0.680. The Kier molecular flexibility index (Phi) is 4.90. The van der Waals surface area contributed by atoms with Gasteiger partial charge in [0.2, 0.25) is 5.91 Å². The lowest BCUT2D eigenvalue weighted by atomic mass is 10.0. The lowest BCUT2D eigenvalue weighted by molar-refractivity contribution is -0.124. The van der Waals surface area contributed by atoms with Crippen LogP contribution in [0.2, 0.25) is 0 Å². The number of hydrogen-bond acceptors (Lipinski definition) is 3. The number of amides is 2. The molecule has 0 aromatic heterocycles. The average Bonchev–Trinajstić information content (AvgIpc) is 2.47. The summed E-state index contributed by atoms with van der Waals surface area (Å²) in [5, 5.41) is 14.0. The molecule has 1 atom stereocenters. The highest BCUT2D eigenvalue weighted by molar-refractivity contribution is 5.99. The lowest BCUT2D eigenvalue weighted by Crippen LogP contribution is -2.50. The number of rotatable bonds is 2. The van der Waals surface area contributed by atoms with Crippen molar-refractivity contribution in [1.29, 1.82) is 0 Å². The van der Waals surface area contributed by atoms with Crippen molar-refractivity contribution >= 4 is 11.8 Å². The molecule has 3 N–H and O–H groups in total. The minimum absolute atomic E-state index is 0.177. The average molecular weight is 290 g/mol. The van der Waals surface area contributed by atoms with Gasteiger partial charge in [0.05, 0.1) is 5.56 Å². The standard InChI is InChI=1S/C15H15FN2O3/c16-11-5-6-12(10(9-11)3-2-8-19)14(20)18-13-4-1-7-17-15(13)21/h5-6,9,13,19H,1,4,7-8H2,(H,17,21)(H,18,20). The number of nitrogens with one attached hydrogen (secondary N) is 2. The van der Waals surface area contributed by atoms with Gasteiger partial charge in [-0.25, -0.2) is 4.39 Å². The maximum atomic E-state index is 13.2. The normalized spacial score (nSPS) is 17.4. The number of carbonyl (C=O) groups is 2. The van der Waals surface area contributed by atoms with Crippen LogP contribution in [-0.2, 0) is 4.79 Å². The summed E-state index contributed by atoms with van der Waals surface area (Å²) in [6.45, 7) is 0.220. The van der Waals surface area contributed by atoms with Crippen LogP contribution in [0, 0.1) is 17.7 Å². The van der Waals surface area contributed by atoms with E-state index in [4.69, 9.17) is 5.11 Å². The summed E-state index contributed by atoms with van der Waals surface area (Å²) in [5.41, 5.74) is 0.355. The highest BCUT2D eigenvalue weighted by Crippen LogP contribution is 2.12. The highest BCUT2D eigenvalue weighted by Gasteiger charge is 2.24. The number of hydrogen-bond donors (Lipinski definition) is 3. The van der Waals surface area contributed by atoms with Crippen LogP contribution in [0.1, 0.15) is 28.8 Å². The molecule has 0 radical (unpaired) electrons. The second kappa shape index (κ2) is 6.86. The maximum Gasteiger partial charge on any atom is 0.253 e. The van der Waals surface area contributed by atoms with Gasteiger partial charge in [-0.15, -0.1) is 0 Å². The Labute approximate surface area is 121 Å². The molecule has 1 aliphatic heterocycles. The number of piperidine rings is 1. The van der Waals surface area contributed by atoms with Crippen molar-refractivity contribution in [3.8, 4) is 11.8 Å². The van der Waals surface area contributed by atoms with Gasteiger partial charge in [-0.3, -0.25) is 9.59 Å². The molecule has 1 saturated heterocycles. The van der Waals surface area contributed by atoms with Gasteiger partial charge < -0.3 is 15.7 Å². The molecular weight excluding hydrogens is 275 g/mol. The first kappa shape index (κ1) is 15.0. The van der Waals surface area contributed by atoms with Crippen LogP contribution >= 0.6 is 0 Å². The van der Waals surface area contributed by atoms with E-state index in [1.54, 1.807) is 0 Å². The predicted octanol–water partition coefficient (Wildman–Crippen LogP) is 0.178. The van der Waals surface area contributed by atoms with E-state index >= 15 is 0 Å². The predicted molar refractivity (Wildman–Crippen MR) is 73.9 cm³/mol. The maximum absolute atomic E-state index is 13.2. The zero-order valence-corrected chi connectivity index (χ0v) is 11.3. The number of halogens is 1. The second-order valence-corrected chi connectivity index (χ2v) is 4.61. The zero-order chi connectivity index (χ0) is 15.2. The minimum Gasteiger partial charge on any atom is -0.384 e. The van der Waals surface area contributed by atoms with E-state index in [2.05, 4.69) is 22.5 Å². The number of benzene rings is 1. The number of aliphatic hydroxyl groups is 1. The van der Waals surface area contributed by atoms with Crippen molar-refractivity contribution in [2.45, 2.75) is 18.9 Å². The second-order valence-electron chi connectivity index (χ2n) is 4.61. The van der Waals surface area contributed by atoms with Crippen LogP contribution < -0.4 is 10.6 Å². The van der Waals surface area contributed by atoms with Crippen molar-refractivity contribution in [3.05, 3.63) is 35.1 Å². The van der Waals surface area contributed by atoms with Crippen LogP contribution in [-0.4, -0.2) is 36.1 Å². The largest absolute Gasteiger partial charge is 0.384 e.